The Morgan fingerprint density at radius 1 is 1.38 bits per heavy atom. The van der Waals surface area contributed by atoms with Crippen molar-refractivity contribution in [2.24, 2.45) is 5.73 Å². The first-order chi connectivity index (χ1) is 6.16. The number of phenols is 2. The molecule has 0 saturated heterocycles. The van der Waals surface area contributed by atoms with E-state index in [-0.39, 0.29) is 23.5 Å². The summed E-state index contributed by atoms with van der Waals surface area (Å²) in [5, 5.41) is 27.1. The molecule has 0 bridgehead atoms. The SMILES string of the molecule is N#CC[C@H](N)c1c(O)cccc1O. The molecule has 13 heavy (non-hydrogen) atoms. The lowest BCUT2D eigenvalue weighted by Crippen LogP contribution is -2.09. The van der Waals surface area contributed by atoms with Crippen molar-refractivity contribution in [3.63, 3.8) is 0 Å². The second-order valence-corrected chi connectivity index (χ2v) is 2.68. The van der Waals surface area contributed by atoms with Crippen LogP contribution in [0.3, 0.4) is 0 Å². The summed E-state index contributed by atoms with van der Waals surface area (Å²) in [4.78, 5) is 0. The molecule has 1 atom stereocenters. The van der Waals surface area contributed by atoms with Crippen LogP contribution in [0.15, 0.2) is 18.2 Å². The van der Waals surface area contributed by atoms with Crippen molar-refractivity contribution in [1.82, 2.24) is 0 Å². The maximum absolute atomic E-state index is 9.34. The second kappa shape index (κ2) is 3.78. The van der Waals surface area contributed by atoms with Gasteiger partial charge in [0.2, 0.25) is 0 Å². The van der Waals surface area contributed by atoms with Crippen molar-refractivity contribution in [3.8, 4) is 17.6 Å². The number of nitrogens with zero attached hydrogens (tertiary/aromatic N) is 1. The maximum atomic E-state index is 9.34. The van der Waals surface area contributed by atoms with E-state index < -0.39 is 6.04 Å². The molecule has 68 valence electrons. The summed E-state index contributed by atoms with van der Waals surface area (Å²) in [7, 11) is 0. The Morgan fingerprint density at radius 2 is 1.92 bits per heavy atom. The minimum Gasteiger partial charge on any atom is -0.507 e. The zero-order chi connectivity index (χ0) is 9.84. The van der Waals surface area contributed by atoms with Gasteiger partial charge in [0, 0.05) is 0 Å². The van der Waals surface area contributed by atoms with Gasteiger partial charge in [0.05, 0.1) is 24.1 Å². The van der Waals surface area contributed by atoms with E-state index in [4.69, 9.17) is 11.0 Å². The average molecular weight is 178 g/mol. The number of hydrogen-bond donors (Lipinski definition) is 3. The third-order valence-corrected chi connectivity index (χ3v) is 1.74. The van der Waals surface area contributed by atoms with Crippen LogP contribution < -0.4 is 5.73 Å². The smallest absolute Gasteiger partial charge is 0.124 e. The zero-order valence-corrected chi connectivity index (χ0v) is 6.94. The highest BCUT2D eigenvalue weighted by atomic mass is 16.3. The molecule has 0 amide bonds. The molecule has 0 unspecified atom stereocenters. The summed E-state index contributed by atoms with van der Waals surface area (Å²) in [6.45, 7) is 0. The molecule has 0 heterocycles. The molecule has 4 heteroatoms. The normalized spacial score (nSPS) is 12.0. The van der Waals surface area contributed by atoms with E-state index in [0.29, 0.717) is 0 Å². The molecule has 1 aromatic carbocycles. The second-order valence-electron chi connectivity index (χ2n) is 2.68. The van der Waals surface area contributed by atoms with E-state index in [0.717, 1.165) is 0 Å². The van der Waals surface area contributed by atoms with Gasteiger partial charge in [-0.15, -0.1) is 0 Å². The highest BCUT2D eigenvalue weighted by Crippen LogP contribution is 2.32. The predicted molar refractivity (Wildman–Crippen MR) is 46.9 cm³/mol. The van der Waals surface area contributed by atoms with Gasteiger partial charge < -0.3 is 15.9 Å². The highest BCUT2D eigenvalue weighted by Gasteiger charge is 2.14. The van der Waals surface area contributed by atoms with Gasteiger partial charge in [-0.2, -0.15) is 5.26 Å². The van der Waals surface area contributed by atoms with Crippen LogP contribution in [0.5, 0.6) is 11.5 Å². The first kappa shape index (κ1) is 9.36. The first-order valence-electron chi connectivity index (χ1n) is 3.80. The molecule has 1 aromatic rings. The Balaban J connectivity index is 3.06. The Hall–Kier alpha value is -1.73. The summed E-state index contributed by atoms with van der Waals surface area (Å²) >= 11 is 0. The standard InChI is InChI=1S/C9H10N2O2/c10-5-4-6(11)9-7(12)2-1-3-8(9)13/h1-3,6,12-13H,4,11H2/t6-/m0/s1. The lowest BCUT2D eigenvalue weighted by atomic mass is 10.0. The number of rotatable bonds is 2. The lowest BCUT2D eigenvalue weighted by molar-refractivity contribution is 0.429. The minimum absolute atomic E-state index is 0.0606. The fraction of sp³-hybridized carbons (Fsp3) is 0.222. The van der Waals surface area contributed by atoms with E-state index in [9.17, 15) is 10.2 Å². The van der Waals surface area contributed by atoms with Crippen LogP contribution in [-0.2, 0) is 0 Å². The molecular formula is C9H10N2O2. The fourth-order valence-corrected chi connectivity index (χ4v) is 1.12. The summed E-state index contributed by atoms with van der Waals surface area (Å²) in [6.07, 6.45) is 0.0606. The molecule has 0 fully saturated rings. The third-order valence-electron chi connectivity index (χ3n) is 1.74. The molecule has 0 aliphatic heterocycles. The molecule has 4 nitrogen and oxygen atoms in total. The van der Waals surface area contributed by atoms with E-state index in [1.807, 2.05) is 6.07 Å². The van der Waals surface area contributed by atoms with E-state index >= 15 is 0 Å². The highest BCUT2D eigenvalue weighted by molar-refractivity contribution is 5.45. The van der Waals surface area contributed by atoms with E-state index in [2.05, 4.69) is 0 Å². The van der Waals surface area contributed by atoms with Gasteiger partial charge in [-0.3, -0.25) is 0 Å². The topological polar surface area (TPSA) is 90.3 Å². The molecule has 0 aromatic heterocycles. The van der Waals surface area contributed by atoms with Crippen LogP contribution in [-0.4, -0.2) is 10.2 Å². The Labute approximate surface area is 75.8 Å². The number of nitriles is 1. The number of aromatic hydroxyl groups is 2. The van der Waals surface area contributed by atoms with Crippen LogP contribution in [0.25, 0.3) is 0 Å². The summed E-state index contributed by atoms with van der Waals surface area (Å²) < 4.78 is 0. The number of benzene rings is 1. The van der Waals surface area contributed by atoms with Crippen molar-refractivity contribution in [1.29, 1.82) is 5.26 Å². The zero-order valence-electron chi connectivity index (χ0n) is 6.94. The summed E-state index contributed by atoms with van der Waals surface area (Å²) in [5.41, 5.74) is 5.79. The maximum Gasteiger partial charge on any atom is 0.124 e. The molecular weight excluding hydrogens is 168 g/mol. The Bertz CT molecular complexity index is 324. The van der Waals surface area contributed by atoms with Crippen molar-refractivity contribution < 1.29 is 10.2 Å². The van der Waals surface area contributed by atoms with Crippen LogP contribution >= 0.6 is 0 Å². The van der Waals surface area contributed by atoms with E-state index in [1.54, 1.807) is 0 Å². The largest absolute Gasteiger partial charge is 0.507 e. The van der Waals surface area contributed by atoms with Gasteiger partial charge >= 0.3 is 0 Å². The van der Waals surface area contributed by atoms with E-state index in [1.165, 1.54) is 18.2 Å². The first-order valence-corrected chi connectivity index (χ1v) is 3.80. The monoisotopic (exact) mass is 178 g/mol. The number of nitrogens with two attached hydrogens (primary N) is 1. The molecule has 0 aliphatic rings. The van der Waals surface area contributed by atoms with Crippen molar-refractivity contribution >= 4 is 0 Å². The summed E-state index contributed by atoms with van der Waals surface area (Å²) in [6, 6.07) is 5.58. The van der Waals surface area contributed by atoms with Crippen molar-refractivity contribution in [2.75, 3.05) is 0 Å². The van der Waals surface area contributed by atoms with Crippen molar-refractivity contribution in [2.45, 2.75) is 12.5 Å². The molecule has 0 spiro atoms. The fourth-order valence-electron chi connectivity index (χ4n) is 1.12. The van der Waals surface area contributed by atoms with Gasteiger partial charge in [-0.25, -0.2) is 0 Å². The number of hydrogen-bond acceptors (Lipinski definition) is 4. The average Bonchev–Trinajstić information content (AvgIpc) is 2.04. The van der Waals surface area contributed by atoms with Crippen molar-refractivity contribution in [3.05, 3.63) is 23.8 Å². The van der Waals surface area contributed by atoms with Crippen LogP contribution in [0.4, 0.5) is 0 Å². The van der Waals surface area contributed by atoms with Gasteiger partial charge in [0.15, 0.2) is 0 Å². The Morgan fingerprint density at radius 3 is 2.38 bits per heavy atom. The summed E-state index contributed by atoms with van der Waals surface area (Å²) in [5.74, 6) is -0.162. The van der Waals surface area contributed by atoms with Gasteiger partial charge in [-0.1, -0.05) is 6.07 Å². The van der Waals surface area contributed by atoms with Gasteiger partial charge in [0.1, 0.15) is 11.5 Å². The molecule has 0 saturated carbocycles. The van der Waals surface area contributed by atoms with Crippen LogP contribution in [0.1, 0.15) is 18.0 Å². The lowest BCUT2D eigenvalue weighted by Gasteiger charge is -2.11. The number of phenolic OH excluding ortho intramolecular Hbond substituents is 2. The molecule has 1 rings (SSSR count). The molecule has 4 N–H and O–H groups in total. The molecule has 0 aliphatic carbocycles. The predicted octanol–water partition coefficient (Wildman–Crippen LogP) is 1.01. The quantitative estimate of drug-likeness (QED) is 0.630. The minimum atomic E-state index is -0.647. The van der Waals surface area contributed by atoms with Gasteiger partial charge in [0.25, 0.3) is 0 Å². The van der Waals surface area contributed by atoms with Crippen LogP contribution in [0.2, 0.25) is 0 Å². The molecule has 0 radical (unpaired) electrons. The third kappa shape index (κ3) is 1.89. The Kier molecular flexibility index (Phi) is 2.72. The van der Waals surface area contributed by atoms with Crippen LogP contribution in [0, 0.1) is 11.3 Å². The van der Waals surface area contributed by atoms with Gasteiger partial charge in [-0.05, 0) is 12.1 Å².